The average Bonchev–Trinajstić information content (AvgIpc) is 3.32. The fourth-order valence-corrected chi connectivity index (χ4v) is 4.38. The Kier molecular flexibility index (Phi) is 7.03. The smallest absolute Gasteiger partial charge is 0.348 e. The van der Waals surface area contributed by atoms with Crippen LogP contribution in [0.4, 0.5) is 10.7 Å². The van der Waals surface area contributed by atoms with Crippen molar-refractivity contribution < 1.29 is 19.1 Å². The Hall–Kier alpha value is -3.24. The lowest BCUT2D eigenvalue weighted by Crippen LogP contribution is -2.20. The summed E-state index contributed by atoms with van der Waals surface area (Å²) in [5.74, 6) is -1.10. The molecule has 0 atom stereocenters. The topological polar surface area (TPSA) is 94.5 Å². The standard InChI is InChI=1S/C21H22N4O4S2/c1-12-7-5-6-8-14(12)10-25-11-15(9-22-25)23-21(30)24-18-16(19(26)28-3)13(2)17(31-18)20(27)29-4/h5-9,11H,10H2,1-4H3,(H2,23,24,30). The van der Waals surface area contributed by atoms with Gasteiger partial charge in [-0.25, -0.2) is 9.59 Å². The van der Waals surface area contributed by atoms with Gasteiger partial charge in [0.25, 0.3) is 0 Å². The normalized spacial score (nSPS) is 10.5. The zero-order chi connectivity index (χ0) is 22.5. The molecule has 10 heteroatoms. The summed E-state index contributed by atoms with van der Waals surface area (Å²) in [6.45, 7) is 4.35. The summed E-state index contributed by atoms with van der Waals surface area (Å²) in [6.07, 6.45) is 3.49. The lowest BCUT2D eigenvalue weighted by atomic mass is 10.1. The first-order valence-corrected chi connectivity index (χ1v) is 10.5. The van der Waals surface area contributed by atoms with Crippen molar-refractivity contribution in [1.29, 1.82) is 0 Å². The number of carbonyl (C=O) groups is 2. The van der Waals surface area contributed by atoms with E-state index in [1.54, 1.807) is 17.8 Å². The number of aryl methyl sites for hydroxylation is 1. The molecule has 1 aromatic carbocycles. The van der Waals surface area contributed by atoms with Crippen molar-refractivity contribution in [3.63, 3.8) is 0 Å². The van der Waals surface area contributed by atoms with E-state index in [-0.39, 0.29) is 10.7 Å². The zero-order valence-electron chi connectivity index (χ0n) is 17.5. The predicted octanol–water partition coefficient (Wildman–Crippen LogP) is 3.99. The van der Waals surface area contributed by atoms with Gasteiger partial charge < -0.3 is 20.1 Å². The van der Waals surface area contributed by atoms with E-state index in [9.17, 15) is 9.59 Å². The summed E-state index contributed by atoms with van der Waals surface area (Å²) in [6, 6.07) is 8.11. The molecular formula is C21H22N4O4S2. The van der Waals surface area contributed by atoms with Gasteiger partial charge >= 0.3 is 11.9 Å². The number of hydrogen-bond donors (Lipinski definition) is 2. The number of carbonyl (C=O) groups excluding carboxylic acids is 2. The molecule has 31 heavy (non-hydrogen) atoms. The van der Waals surface area contributed by atoms with Gasteiger partial charge in [-0.1, -0.05) is 24.3 Å². The van der Waals surface area contributed by atoms with Gasteiger partial charge in [-0.05, 0) is 42.8 Å². The Morgan fingerprint density at radius 3 is 2.52 bits per heavy atom. The number of nitrogens with zero attached hydrogens (tertiary/aromatic N) is 2. The molecular weight excluding hydrogens is 436 g/mol. The van der Waals surface area contributed by atoms with E-state index in [2.05, 4.69) is 34.8 Å². The van der Waals surface area contributed by atoms with Crippen LogP contribution in [0.5, 0.6) is 0 Å². The van der Waals surface area contributed by atoms with Gasteiger partial charge in [0.05, 0.1) is 38.2 Å². The van der Waals surface area contributed by atoms with Crippen molar-refractivity contribution in [1.82, 2.24) is 9.78 Å². The van der Waals surface area contributed by atoms with Gasteiger partial charge in [-0.15, -0.1) is 11.3 Å². The van der Waals surface area contributed by atoms with Crippen LogP contribution in [-0.4, -0.2) is 41.1 Å². The number of rotatable bonds is 6. The summed E-state index contributed by atoms with van der Waals surface area (Å²) in [5, 5.41) is 11.0. The second-order valence-corrected chi connectivity index (χ2v) is 8.10. The second-order valence-electron chi connectivity index (χ2n) is 6.68. The van der Waals surface area contributed by atoms with Gasteiger partial charge in [0, 0.05) is 6.20 Å². The van der Waals surface area contributed by atoms with Crippen LogP contribution in [0.15, 0.2) is 36.7 Å². The van der Waals surface area contributed by atoms with Crippen molar-refractivity contribution >= 4 is 51.3 Å². The third-order valence-electron chi connectivity index (χ3n) is 4.62. The number of hydrogen-bond acceptors (Lipinski definition) is 7. The highest BCUT2D eigenvalue weighted by Crippen LogP contribution is 2.34. The molecule has 0 aliphatic carbocycles. The van der Waals surface area contributed by atoms with E-state index in [4.69, 9.17) is 21.7 Å². The summed E-state index contributed by atoms with van der Waals surface area (Å²) < 4.78 is 11.4. The first kappa shape index (κ1) is 22.4. The molecule has 0 saturated carbocycles. The lowest BCUT2D eigenvalue weighted by molar-refractivity contribution is 0.0601. The molecule has 2 aromatic heterocycles. The predicted molar refractivity (Wildman–Crippen MR) is 124 cm³/mol. The first-order valence-electron chi connectivity index (χ1n) is 9.29. The maximum atomic E-state index is 12.2. The van der Waals surface area contributed by atoms with E-state index >= 15 is 0 Å². The Bertz CT molecular complexity index is 1140. The number of aromatic nitrogens is 2. The third-order valence-corrected chi connectivity index (χ3v) is 6.01. The molecule has 3 aromatic rings. The van der Waals surface area contributed by atoms with Crippen LogP contribution in [0, 0.1) is 13.8 Å². The van der Waals surface area contributed by atoms with Crippen molar-refractivity contribution in [2.24, 2.45) is 0 Å². The maximum Gasteiger partial charge on any atom is 0.348 e. The lowest BCUT2D eigenvalue weighted by Gasteiger charge is -2.09. The molecule has 0 fully saturated rings. The number of benzene rings is 1. The first-order chi connectivity index (χ1) is 14.8. The van der Waals surface area contributed by atoms with Crippen LogP contribution in [0.2, 0.25) is 0 Å². The van der Waals surface area contributed by atoms with Crippen LogP contribution in [0.25, 0.3) is 0 Å². The number of thiocarbonyl (C=S) groups is 1. The van der Waals surface area contributed by atoms with Crippen LogP contribution in [0.3, 0.4) is 0 Å². The van der Waals surface area contributed by atoms with Gasteiger partial charge in [-0.2, -0.15) is 5.10 Å². The fourth-order valence-electron chi connectivity index (χ4n) is 2.98. The molecule has 0 aliphatic heterocycles. The van der Waals surface area contributed by atoms with E-state index in [0.717, 1.165) is 11.3 Å². The number of nitrogens with one attached hydrogen (secondary N) is 2. The highest BCUT2D eigenvalue weighted by atomic mass is 32.1. The van der Waals surface area contributed by atoms with E-state index < -0.39 is 11.9 Å². The Morgan fingerprint density at radius 2 is 1.84 bits per heavy atom. The van der Waals surface area contributed by atoms with Crippen molar-refractivity contribution in [2.45, 2.75) is 20.4 Å². The van der Waals surface area contributed by atoms with Gasteiger partial charge in [0.2, 0.25) is 0 Å². The van der Waals surface area contributed by atoms with Gasteiger partial charge in [-0.3, -0.25) is 4.68 Å². The second kappa shape index (κ2) is 9.71. The highest BCUT2D eigenvalue weighted by molar-refractivity contribution is 7.80. The molecule has 8 nitrogen and oxygen atoms in total. The summed E-state index contributed by atoms with van der Waals surface area (Å²) in [7, 11) is 2.56. The zero-order valence-corrected chi connectivity index (χ0v) is 19.1. The molecule has 2 N–H and O–H groups in total. The van der Waals surface area contributed by atoms with Crippen LogP contribution < -0.4 is 10.6 Å². The van der Waals surface area contributed by atoms with Crippen molar-refractivity contribution in [3.8, 4) is 0 Å². The summed E-state index contributed by atoms with van der Waals surface area (Å²) in [4.78, 5) is 24.6. The quantitative estimate of drug-likeness (QED) is 0.423. The van der Waals surface area contributed by atoms with Gasteiger partial charge in [0.15, 0.2) is 5.11 Å². The Morgan fingerprint density at radius 1 is 1.13 bits per heavy atom. The Balaban J connectivity index is 1.74. The molecule has 0 amide bonds. The van der Waals surface area contributed by atoms with E-state index in [1.165, 1.54) is 25.3 Å². The summed E-state index contributed by atoms with van der Waals surface area (Å²) >= 11 is 6.46. The molecule has 0 bridgehead atoms. The average molecular weight is 459 g/mol. The number of methoxy groups -OCH3 is 2. The van der Waals surface area contributed by atoms with Crippen LogP contribution in [-0.2, 0) is 16.0 Å². The molecule has 0 saturated heterocycles. The van der Waals surface area contributed by atoms with Crippen LogP contribution >= 0.6 is 23.6 Å². The highest BCUT2D eigenvalue weighted by Gasteiger charge is 2.26. The minimum Gasteiger partial charge on any atom is -0.465 e. The minimum absolute atomic E-state index is 0.243. The van der Waals surface area contributed by atoms with Crippen molar-refractivity contribution in [3.05, 3.63) is 63.8 Å². The molecule has 3 rings (SSSR count). The van der Waals surface area contributed by atoms with Crippen molar-refractivity contribution in [2.75, 3.05) is 24.9 Å². The monoisotopic (exact) mass is 458 g/mol. The number of anilines is 2. The number of ether oxygens (including phenoxy) is 2. The SMILES string of the molecule is COC(=O)c1sc(NC(=S)Nc2cnn(Cc3ccccc3C)c2)c(C(=O)OC)c1C. The molecule has 0 aliphatic rings. The van der Waals surface area contributed by atoms with E-state index in [0.29, 0.717) is 27.7 Å². The number of thiophene rings is 1. The molecule has 2 heterocycles. The largest absolute Gasteiger partial charge is 0.465 e. The molecule has 162 valence electrons. The Labute approximate surface area is 189 Å². The van der Waals surface area contributed by atoms with Crippen LogP contribution in [0.1, 0.15) is 36.7 Å². The maximum absolute atomic E-state index is 12.2. The third kappa shape index (κ3) is 5.09. The minimum atomic E-state index is -0.569. The molecule has 0 spiro atoms. The van der Waals surface area contributed by atoms with E-state index in [1.807, 2.05) is 18.3 Å². The number of esters is 2. The molecule has 0 unspecified atom stereocenters. The summed E-state index contributed by atoms with van der Waals surface area (Å²) in [5.41, 5.74) is 3.76. The molecule has 0 radical (unpaired) electrons. The fraction of sp³-hybridized carbons (Fsp3) is 0.238. The van der Waals surface area contributed by atoms with Gasteiger partial charge in [0.1, 0.15) is 9.88 Å².